The minimum atomic E-state index is -0.556. The molecule has 0 aliphatic rings. The van der Waals surface area contributed by atoms with Gasteiger partial charge in [0.15, 0.2) is 0 Å². The molecule has 0 atom stereocenters. The molecule has 0 radical (unpaired) electrons. The van der Waals surface area contributed by atoms with Crippen molar-refractivity contribution in [2.75, 3.05) is 13.7 Å². The lowest BCUT2D eigenvalue weighted by Crippen LogP contribution is -2.19. The highest BCUT2D eigenvalue weighted by molar-refractivity contribution is 5.89. The molecule has 0 bridgehead atoms. The predicted molar refractivity (Wildman–Crippen MR) is 63.3 cm³/mol. The highest BCUT2D eigenvalue weighted by Crippen LogP contribution is 2.10. The molecule has 0 aliphatic carbocycles. The SMILES string of the molecule is COC(=O)c1ccc(F)c(C#CCNC(C)=O)c1. The second-order valence-electron chi connectivity index (χ2n) is 3.40. The van der Waals surface area contributed by atoms with Crippen LogP contribution in [0.15, 0.2) is 18.2 Å². The number of halogens is 1. The lowest BCUT2D eigenvalue weighted by Gasteiger charge is -2.00. The van der Waals surface area contributed by atoms with Crippen LogP contribution in [-0.2, 0) is 9.53 Å². The molecule has 5 heteroatoms. The van der Waals surface area contributed by atoms with Crippen LogP contribution in [-0.4, -0.2) is 25.5 Å². The molecule has 0 fully saturated rings. The van der Waals surface area contributed by atoms with Gasteiger partial charge in [0.25, 0.3) is 0 Å². The van der Waals surface area contributed by atoms with E-state index >= 15 is 0 Å². The van der Waals surface area contributed by atoms with Gasteiger partial charge in [0.05, 0.1) is 24.8 Å². The maximum absolute atomic E-state index is 13.4. The van der Waals surface area contributed by atoms with Crippen LogP contribution in [0.2, 0.25) is 0 Å². The molecule has 0 spiro atoms. The average Bonchev–Trinajstić information content (AvgIpc) is 2.35. The van der Waals surface area contributed by atoms with Crippen molar-refractivity contribution in [2.24, 2.45) is 0 Å². The number of esters is 1. The van der Waals surface area contributed by atoms with Gasteiger partial charge in [-0.25, -0.2) is 9.18 Å². The van der Waals surface area contributed by atoms with Crippen molar-refractivity contribution in [3.05, 3.63) is 35.1 Å². The quantitative estimate of drug-likeness (QED) is 0.630. The fourth-order valence-corrected chi connectivity index (χ4v) is 1.17. The Morgan fingerprint density at radius 1 is 1.44 bits per heavy atom. The Hall–Kier alpha value is -2.35. The van der Waals surface area contributed by atoms with Crippen molar-refractivity contribution >= 4 is 11.9 Å². The number of amides is 1. The van der Waals surface area contributed by atoms with Crippen molar-refractivity contribution in [1.82, 2.24) is 5.32 Å². The molecule has 1 rings (SSSR count). The Kier molecular flexibility index (Phi) is 4.88. The molecule has 4 nitrogen and oxygen atoms in total. The molecule has 18 heavy (non-hydrogen) atoms. The van der Waals surface area contributed by atoms with Gasteiger partial charge in [0, 0.05) is 6.92 Å². The third kappa shape index (κ3) is 3.91. The van der Waals surface area contributed by atoms with E-state index in [2.05, 4.69) is 21.9 Å². The van der Waals surface area contributed by atoms with Gasteiger partial charge >= 0.3 is 5.97 Å². The Morgan fingerprint density at radius 3 is 2.78 bits per heavy atom. The van der Waals surface area contributed by atoms with E-state index in [0.717, 1.165) is 6.07 Å². The first-order valence-corrected chi connectivity index (χ1v) is 5.15. The van der Waals surface area contributed by atoms with E-state index in [1.807, 2.05) is 0 Å². The molecule has 0 unspecified atom stereocenters. The first-order chi connectivity index (χ1) is 8.54. The summed E-state index contributed by atoms with van der Waals surface area (Å²) in [5.41, 5.74) is 0.311. The second-order valence-corrected chi connectivity index (χ2v) is 3.40. The molecule has 0 heterocycles. The van der Waals surface area contributed by atoms with Crippen molar-refractivity contribution in [3.8, 4) is 11.8 Å². The molecular weight excluding hydrogens is 237 g/mol. The number of ether oxygens (including phenoxy) is 1. The van der Waals surface area contributed by atoms with Crippen molar-refractivity contribution in [2.45, 2.75) is 6.92 Å². The Labute approximate surface area is 104 Å². The van der Waals surface area contributed by atoms with Gasteiger partial charge in [-0.15, -0.1) is 0 Å². The zero-order chi connectivity index (χ0) is 13.5. The summed E-state index contributed by atoms with van der Waals surface area (Å²) in [6.07, 6.45) is 0. The Bertz CT molecular complexity index is 529. The Morgan fingerprint density at radius 2 is 2.17 bits per heavy atom. The molecule has 0 aliphatic heterocycles. The highest BCUT2D eigenvalue weighted by atomic mass is 19.1. The summed E-state index contributed by atoms with van der Waals surface area (Å²) in [6.45, 7) is 1.48. The van der Waals surface area contributed by atoms with E-state index < -0.39 is 11.8 Å². The molecule has 0 saturated carbocycles. The average molecular weight is 249 g/mol. The fourth-order valence-electron chi connectivity index (χ4n) is 1.17. The number of carbonyl (C=O) groups is 2. The lowest BCUT2D eigenvalue weighted by molar-refractivity contribution is -0.118. The third-order valence-corrected chi connectivity index (χ3v) is 2.04. The summed E-state index contributed by atoms with van der Waals surface area (Å²) in [4.78, 5) is 21.8. The summed E-state index contributed by atoms with van der Waals surface area (Å²) >= 11 is 0. The first-order valence-electron chi connectivity index (χ1n) is 5.15. The van der Waals surface area contributed by atoms with E-state index in [9.17, 15) is 14.0 Å². The van der Waals surface area contributed by atoms with Gasteiger partial charge in [0.2, 0.25) is 5.91 Å². The number of nitrogens with one attached hydrogen (secondary N) is 1. The number of rotatable bonds is 2. The number of carbonyl (C=O) groups excluding carboxylic acids is 2. The van der Waals surface area contributed by atoms with E-state index in [-0.39, 0.29) is 23.6 Å². The number of benzene rings is 1. The normalized spacial score (nSPS) is 9.06. The number of hydrogen-bond acceptors (Lipinski definition) is 3. The first kappa shape index (κ1) is 13.7. The molecule has 1 N–H and O–H groups in total. The maximum Gasteiger partial charge on any atom is 0.337 e. The van der Waals surface area contributed by atoms with Gasteiger partial charge in [-0.1, -0.05) is 11.8 Å². The summed E-state index contributed by atoms with van der Waals surface area (Å²) < 4.78 is 17.9. The minimum Gasteiger partial charge on any atom is -0.465 e. The van der Waals surface area contributed by atoms with Gasteiger partial charge in [0.1, 0.15) is 5.82 Å². The predicted octanol–water partition coefficient (Wildman–Crippen LogP) is 1.10. The van der Waals surface area contributed by atoms with Gasteiger partial charge < -0.3 is 10.1 Å². The lowest BCUT2D eigenvalue weighted by atomic mass is 10.1. The van der Waals surface area contributed by atoms with Crippen LogP contribution in [0.4, 0.5) is 4.39 Å². The summed E-state index contributed by atoms with van der Waals surface area (Å²) in [5.74, 6) is 3.82. The molecule has 0 saturated heterocycles. The monoisotopic (exact) mass is 249 g/mol. The highest BCUT2D eigenvalue weighted by Gasteiger charge is 2.08. The standard InChI is InChI=1S/C13H12FNO3/c1-9(16)15-7-3-4-10-8-11(13(17)18-2)5-6-12(10)14/h5-6,8H,7H2,1-2H3,(H,15,16). The summed E-state index contributed by atoms with van der Waals surface area (Å²) in [6, 6.07) is 3.77. The van der Waals surface area contributed by atoms with Crippen molar-refractivity contribution in [1.29, 1.82) is 0 Å². The zero-order valence-electron chi connectivity index (χ0n) is 10.0. The minimum absolute atomic E-state index is 0.0863. The van der Waals surface area contributed by atoms with Crippen LogP contribution < -0.4 is 5.32 Å². The van der Waals surface area contributed by atoms with Crippen LogP contribution in [0.3, 0.4) is 0 Å². The molecule has 1 aromatic rings. The maximum atomic E-state index is 13.4. The summed E-state index contributed by atoms with van der Waals surface area (Å²) in [7, 11) is 1.24. The van der Waals surface area contributed by atoms with E-state index in [4.69, 9.17) is 0 Å². The molecular formula is C13H12FNO3. The van der Waals surface area contributed by atoms with Gasteiger partial charge in [-0.05, 0) is 18.2 Å². The molecule has 1 amide bonds. The molecule has 1 aromatic carbocycles. The second kappa shape index (κ2) is 6.40. The van der Waals surface area contributed by atoms with Crippen LogP contribution in [0, 0.1) is 17.7 Å². The van der Waals surface area contributed by atoms with Crippen LogP contribution in [0.5, 0.6) is 0 Å². The smallest absolute Gasteiger partial charge is 0.337 e. The van der Waals surface area contributed by atoms with E-state index in [1.165, 1.54) is 26.2 Å². The van der Waals surface area contributed by atoms with Crippen LogP contribution in [0.1, 0.15) is 22.8 Å². The summed E-state index contributed by atoms with van der Waals surface area (Å²) in [5, 5.41) is 2.46. The zero-order valence-corrected chi connectivity index (χ0v) is 10.0. The van der Waals surface area contributed by atoms with Gasteiger partial charge in [-0.2, -0.15) is 0 Å². The largest absolute Gasteiger partial charge is 0.465 e. The van der Waals surface area contributed by atoms with E-state index in [0.29, 0.717) is 0 Å². The van der Waals surface area contributed by atoms with Crippen LogP contribution in [0.25, 0.3) is 0 Å². The molecule has 0 aromatic heterocycles. The third-order valence-electron chi connectivity index (χ3n) is 2.04. The van der Waals surface area contributed by atoms with Crippen molar-refractivity contribution in [3.63, 3.8) is 0 Å². The molecule has 94 valence electrons. The van der Waals surface area contributed by atoms with Crippen LogP contribution >= 0.6 is 0 Å². The topological polar surface area (TPSA) is 55.4 Å². The van der Waals surface area contributed by atoms with E-state index in [1.54, 1.807) is 0 Å². The number of methoxy groups -OCH3 is 1. The Balaban J connectivity index is 2.87. The fraction of sp³-hybridized carbons (Fsp3) is 0.231. The number of hydrogen-bond donors (Lipinski definition) is 1. The van der Waals surface area contributed by atoms with Gasteiger partial charge in [-0.3, -0.25) is 4.79 Å². The van der Waals surface area contributed by atoms with Crippen molar-refractivity contribution < 1.29 is 18.7 Å².